The molecule has 1 aliphatic heterocycles. The summed E-state index contributed by atoms with van der Waals surface area (Å²) in [5.41, 5.74) is 0. The van der Waals surface area contributed by atoms with Crippen molar-refractivity contribution in [1.29, 1.82) is 0 Å². The first-order valence-electron chi connectivity index (χ1n) is 3.73. The topological polar surface area (TPSA) is 32.7 Å². The highest BCUT2D eigenvalue weighted by Gasteiger charge is 2.10. The van der Waals surface area contributed by atoms with E-state index >= 15 is 0 Å². The summed E-state index contributed by atoms with van der Waals surface area (Å²) in [6, 6.07) is 0. The summed E-state index contributed by atoms with van der Waals surface area (Å²) in [4.78, 5) is 2.09. The van der Waals surface area contributed by atoms with Crippen molar-refractivity contribution in [3.05, 3.63) is 0 Å². The molecule has 3 heteroatoms. The van der Waals surface area contributed by atoms with Crippen molar-refractivity contribution >= 4 is 0 Å². The Balaban J connectivity index is 2.25. The van der Waals surface area contributed by atoms with Crippen LogP contribution < -0.4 is 0 Å². The van der Waals surface area contributed by atoms with Gasteiger partial charge in [0.25, 0.3) is 0 Å². The molecule has 0 amide bonds. The van der Waals surface area contributed by atoms with Gasteiger partial charge in [-0.3, -0.25) is 0 Å². The Kier molecular flexibility index (Phi) is 3.12. The molecule has 1 N–H and O–H groups in total. The first-order valence-corrected chi connectivity index (χ1v) is 3.73. The molecule has 1 atom stereocenters. The Labute approximate surface area is 61.6 Å². The molecule has 0 spiro atoms. The van der Waals surface area contributed by atoms with E-state index in [1.54, 1.807) is 0 Å². The lowest BCUT2D eigenvalue weighted by molar-refractivity contribution is 0.0273. The van der Waals surface area contributed by atoms with Crippen LogP contribution in [0.1, 0.15) is 6.42 Å². The molecular weight excluding hydrogens is 130 g/mol. The summed E-state index contributed by atoms with van der Waals surface area (Å²) in [6.45, 7) is 3.21. The van der Waals surface area contributed by atoms with Crippen LogP contribution in [0.2, 0.25) is 0 Å². The van der Waals surface area contributed by atoms with E-state index < -0.39 is 0 Å². The molecule has 1 rings (SSSR count). The largest absolute Gasteiger partial charge is 0.392 e. The zero-order valence-electron chi connectivity index (χ0n) is 6.42. The summed E-state index contributed by atoms with van der Waals surface area (Å²) in [6.07, 6.45) is 0.565. The van der Waals surface area contributed by atoms with Crippen LogP contribution in [0.25, 0.3) is 0 Å². The van der Waals surface area contributed by atoms with Gasteiger partial charge in [-0.2, -0.15) is 0 Å². The average Bonchev–Trinajstić information content (AvgIpc) is 1.83. The second-order valence-corrected chi connectivity index (χ2v) is 2.82. The number of rotatable bonds is 0. The second kappa shape index (κ2) is 3.91. The van der Waals surface area contributed by atoms with E-state index in [9.17, 15) is 5.11 Å². The van der Waals surface area contributed by atoms with Crippen LogP contribution >= 0.6 is 0 Å². The van der Waals surface area contributed by atoms with Crippen LogP contribution in [0, 0.1) is 0 Å². The summed E-state index contributed by atoms with van der Waals surface area (Å²) in [5.74, 6) is 0. The average molecular weight is 145 g/mol. The van der Waals surface area contributed by atoms with Gasteiger partial charge in [-0.15, -0.1) is 0 Å². The van der Waals surface area contributed by atoms with Crippen molar-refractivity contribution in [2.45, 2.75) is 12.5 Å². The van der Waals surface area contributed by atoms with Gasteiger partial charge in [-0.05, 0) is 13.5 Å². The van der Waals surface area contributed by atoms with Gasteiger partial charge < -0.3 is 14.7 Å². The van der Waals surface area contributed by atoms with Crippen molar-refractivity contribution in [3.63, 3.8) is 0 Å². The van der Waals surface area contributed by atoms with Crippen LogP contribution in [-0.2, 0) is 4.74 Å². The third kappa shape index (κ3) is 2.64. The molecule has 0 aromatic rings. The van der Waals surface area contributed by atoms with E-state index in [1.807, 2.05) is 7.05 Å². The standard InChI is InChI=1S/C7H15NO2/c1-8-3-5-10-4-2-7(9)6-8/h7,9H,2-6H2,1H3. The van der Waals surface area contributed by atoms with E-state index in [0.29, 0.717) is 6.61 Å². The molecule has 1 fully saturated rings. The minimum atomic E-state index is -0.203. The molecule has 60 valence electrons. The Morgan fingerprint density at radius 3 is 3.10 bits per heavy atom. The summed E-state index contributed by atoms with van der Waals surface area (Å²) in [5, 5.41) is 9.26. The first kappa shape index (κ1) is 7.98. The molecule has 0 saturated carbocycles. The van der Waals surface area contributed by atoms with E-state index in [1.165, 1.54) is 0 Å². The van der Waals surface area contributed by atoms with E-state index in [0.717, 1.165) is 26.1 Å². The number of hydrogen-bond acceptors (Lipinski definition) is 3. The number of aliphatic hydroxyl groups is 1. The number of hydrogen-bond donors (Lipinski definition) is 1. The molecule has 1 unspecified atom stereocenters. The maximum Gasteiger partial charge on any atom is 0.0688 e. The Bertz CT molecular complexity index is 87.6. The van der Waals surface area contributed by atoms with Gasteiger partial charge in [0.2, 0.25) is 0 Å². The van der Waals surface area contributed by atoms with E-state index in [-0.39, 0.29) is 6.10 Å². The fourth-order valence-electron chi connectivity index (χ4n) is 1.08. The minimum Gasteiger partial charge on any atom is -0.392 e. The summed E-state index contributed by atoms with van der Waals surface area (Å²) < 4.78 is 5.21. The van der Waals surface area contributed by atoms with Gasteiger partial charge in [-0.1, -0.05) is 0 Å². The molecule has 3 nitrogen and oxygen atoms in total. The van der Waals surface area contributed by atoms with Crippen molar-refractivity contribution in [2.75, 3.05) is 33.4 Å². The number of aliphatic hydroxyl groups excluding tert-OH is 1. The maximum absolute atomic E-state index is 9.26. The normalized spacial score (nSPS) is 31.2. The fourth-order valence-corrected chi connectivity index (χ4v) is 1.08. The van der Waals surface area contributed by atoms with Crippen LogP contribution in [-0.4, -0.2) is 49.5 Å². The Morgan fingerprint density at radius 2 is 2.30 bits per heavy atom. The lowest BCUT2D eigenvalue weighted by Crippen LogP contribution is -2.34. The Morgan fingerprint density at radius 1 is 1.50 bits per heavy atom. The second-order valence-electron chi connectivity index (χ2n) is 2.82. The minimum absolute atomic E-state index is 0.203. The molecule has 10 heavy (non-hydrogen) atoms. The summed E-state index contributed by atoms with van der Waals surface area (Å²) >= 11 is 0. The monoisotopic (exact) mass is 145 g/mol. The van der Waals surface area contributed by atoms with Crippen molar-refractivity contribution < 1.29 is 9.84 Å². The van der Waals surface area contributed by atoms with Crippen molar-refractivity contribution in [3.8, 4) is 0 Å². The SMILES string of the molecule is CN1CCOCCC(O)C1. The fraction of sp³-hybridized carbons (Fsp3) is 1.00. The number of ether oxygens (including phenoxy) is 1. The molecule has 0 aromatic carbocycles. The van der Waals surface area contributed by atoms with Crippen LogP contribution in [0.15, 0.2) is 0 Å². The third-order valence-corrected chi connectivity index (χ3v) is 1.74. The van der Waals surface area contributed by atoms with Gasteiger partial charge in [0.15, 0.2) is 0 Å². The van der Waals surface area contributed by atoms with Crippen LogP contribution in [0.5, 0.6) is 0 Å². The molecule has 0 aromatic heterocycles. The Hall–Kier alpha value is -0.120. The van der Waals surface area contributed by atoms with Gasteiger partial charge in [0.05, 0.1) is 12.7 Å². The molecule has 0 aliphatic carbocycles. The zero-order chi connectivity index (χ0) is 7.40. The van der Waals surface area contributed by atoms with Gasteiger partial charge in [0.1, 0.15) is 0 Å². The predicted molar refractivity (Wildman–Crippen MR) is 38.9 cm³/mol. The quantitative estimate of drug-likeness (QED) is 0.508. The molecule has 1 aliphatic rings. The molecule has 0 radical (unpaired) electrons. The molecule has 0 bridgehead atoms. The van der Waals surface area contributed by atoms with E-state index in [4.69, 9.17) is 4.74 Å². The number of β-amino-alcohol motifs (C(OH)–C–C–N with tert-alkyl or cyclic N) is 1. The van der Waals surface area contributed by atoms with Crippen molar-refractivity contribution in [1.82, 2.24) is 4.90 Å². The molecule has 1 saturated heterocycles. The summed E-state index contributed by atoms with van der Waals surface area (Å²) in [7, 11) is 2.00. The highest BCUT2D eigenvalue weighted by atomic mass is 16.5. The van der Waals surface area contributed by atoms with Crippen LogP contribution in [0.4, 0.5) is 0 Å². The smallest absolute Gasteiger partial charge is 0.0688 e. The third-order valence-electron chi connectivity index (χ3n) is 1.74. The number of likely N-dealkylation sites (N-methyl/N-ethyl adjacent to an activating group) is 1. The first-order chi connectivity index (χ1) is 4.79. The number of nitrogens with zero attached hydrogens (tertiary/aromatic N) is 1. The van der Waals surface area contributed by atoms with Crippen LogP contribution in [0.3, 0.4) is 0 Å². The van der Waals surface area contributed by atoms with E-state index in [2.05, 4.69) is 4.90 Å². The maximum atomic E-state index is 9.26. The highest BCUT2D eigenvalue weighted by Crippen LogP contribution is 1.99. The van der Waals surface area contributed by atoms with Gasteiger partial charge >= 0.3 is 0 Å². The van der Waals surface area contributed by atoms with Gasteiger partial charge in [0, 0.05) is 19.7 Å². The molecular formula is C7H15NO2. The van der Waals surface area contributed by atoms with Gasteiger partial charge in [-0.25, -0.2) is 0 Å². The predicted octanol–water partition coefficient (Wildman–Crippen LogP) is -0.301. The van der Waals surface area contributed by atoms with Crippen molar-refractivity contribution in [2.24, 2.45) is 0 Å². The zero-order valence-corrected chi connectivity index (χ0v) is 6.42. The lowest BCUT2D eigenvalue weighted by Gasteiger charge is -2.23. The highest BCUT2D eigenvalue weighted by molar-refractivity contribution is 4.63. The molecule has 1 heterocycles. The lowest BCUT2D eigenvalue weighted by atomic mass is 10.2.